The molecule has 0 atom stereocenters. The Morgan fingerprint density at radius 3 is 1.57 bits per heavy atom. The largest absolute Gasteiger partial charge is 0.356 e. The van der Waals surface area contributed by atoms with Gasteiger partial charge in [-0.05, 0) is 93.4 Å². The lowest BCUT2D eigenvalue weighted by Gasteiger charge is -2.11. The molecule has 0 bridgehead atoms. The second kappa shape index (κ2) is 22.4. The lowest BCUT2D eigenvalue weighted by atomic mass is 9.99. The van der Waals surface area contributed by atoms with Crippen LogP contribution >= 0.6 is 0 Å². The normalized spacial score (nSPS) is 11.3. The molecular formula is C63H46F4N14O3. The molecule has 0 fully saturated rings. The van der Waals surface area contributed by atoms with Crippen LogP contribution in [0.4, 0.5) is 17.6 Å². The molecule has 9 heterocycles. The average Bonchev–Trinajstić information content (AvgIpc) is 3.65. The molecule has 0 radical (unpaired) electrons. The van der Waals surface area contributed by atoms with Crippen LogP contribution in [0.25, 0.3) is 87.9 Å². The Morgan fingerprint density at radius 2 is 0.976 bits per heavy atom. The van der Waals surface area contributed by atoms with Gasteiger partial charge in [-0.2, -0.15) is 10.2 Å². The fourth-order valence-electron chi connectivity index (χ4n) is 10.0. The molecule has 0 amide bonds. The number of benzene rings is 5. The molecule has 0 spiro atoms. The maximum absolute atomic E-state index is 14.9. The Labute approximate surface area is 473 Å². The molecule has 84 heavy (non-hydrogen) atoms. The summed E-state index contributed by atoms with van der Waals surface area (Å²) < 4.78 is 69.0. The molecule has 14 aromatic rings. The molecule has 414 valence electrons. The van der Waals surface area contributed by atoms with Gasteiger partial charge in [0, 0.05) is 92.0 Å². The van der Waals surface area contributed by atoms with E-state index >= 15 is 0 Å². The van der Waals surface area contributed by atoms with E-state index in [1.54, 1.807) is 70.0 Å². The SMILES string of the molecule is Cn1cc(-c2ccc(Cn3cnc4cnccc4c3=O)cc2)cn1.Cn1cc2c(-c3cc(F)c(Cn4cnc5cccnc5c4=O)c(F)c3)cccc2n1.Cn1cc2cccc(-c3cc(F)c(Cn4cnc5cnccc5c4=O)c(F)c3)c2c1. The van der Waals surface area contributed by atoms with E-state index in [4.69, 9.17) is 0 Å². The number of halogens is 4. The summed E-state index contributed by atoms with van der Waals surface area (Å²) in [5.41, 5.74) is 6.57. The zero-order chi connectivity index (χ0) is 58.2. The fourth-order valence-corrected chi connectivity index (χ4v) is 10.0. The van der Waals surface area contributed by atoms with Crippen molar-refractivity contribution in [3.63, 3.8) is 0 Å². The van der Waals surface area contributed by atoms with E-state index in [0.717, 1.165) is 48.5 Å². The van der Waals surface area contributed by atoms with E-state index in [-0.39, 0.29) is 40.9 Å². The minimum Gasteiger partial charge on any atom is -0.356 e. The summed E-state index contributed by atoms with van der Waals surface area (Å²) in [5, 5.41) is 12.1. The zero-order valence-electron chi connectivity index (χ0n) is 45.0. The Kier molecular flexibility index (Phi) is 14.3. The van der Waals surface area contributed by atoms with E-state index in [9.17, 15) is 31.9 Å². The Bertz CT molecular complexity index is 4760. The highest BCUT2D eigenvalue weighted by Crippen LogP contribution is 2.33. The smallest absolute Gasteiger partial charge is 0.280 e. The average molecular weight is 1120 g/mol. The van der Waals surface area contributed by atoms with E-state index in [2.05, 4.69) is 40.1 Å². The highest BCUT2D eigenvalue weighted by molar-refractivity contribution is 5.97. The van der Waals surface area contributed by atoms with Crippen molar-refractivity contribution in [2.75, 3.05) is 0 Å². The van der Waals surface area contributed by atoms with Crippen LogP contribution in [0.1, 0.15) is 16.7 Å². The number of rotatable bonds is 9. The predicted molar refractivity (Wildman–Crippen MR) is 312 cm³/mol. The monoisotopic (exact) mass is 1120 g/mol. The summed E-state index contributed by atoms with van der Waals surface area (Å²) in [6, 6.07) is 30.9. The van der Waals surface area contributed by atoms with Crippen LogP contribution in [-0.4, -0.2) is 67.7 Å². The van der Waals surface area contributed by atoms with Crippen molar-refractivity contribution in [1.82, 2.24) is 67.7 Å². The molecule has 0 saturated carbocycles. The Morgan fingerprint density at radius 1 is 0.429 bits per heavy atom. The van der Waals surface area contributed by atoms with Crippen LogP contribution in [-0.2, 0) is 40.8 Å². The van der Waals surface area contributed by atoms with Gasteiger partial charge in [-0.25, -0.2) is 37.5 Å². The first-order valence-electron chi connectivity index (χ1n) is 26.1. The van der Waals surface area contributed by atoms with Crippen LogP contribution in [0.2, 0.25) is 0 Å². The van der Waals surface area contributed by atoms with Crippen molar-refractivity contribution in [2.45, 2.75) is 19.6 Å². The Balaban J connectivity index is 0.000000125. The molecule has 21 heteroatoms. The van der Waals surface area contributed by atoms with Gasteiger partial charge in [0.25, 0.3) is 16.7 Å². The summed E-state index contributed by atoms with van der Waals surface area (Å²) in [4.78, 5) is 62.3. The third kappa shape index (κ3) is 10.7. The molecule has 5 aromatic carbocycles. The van der Waals surface area contributed by atoms with Crippen molar-refractivity contribution in [3.05, 3.63) is 261 Å². The summed E-state index contributed by atoms with van der Waals surface area (Å²) in [6.07, 6.45) is 21.3. The molecule has 0 N–H and O–H groups in total. The number of pyridine rings is 3. The molecule has 14 rings (SSSR count). The van der Waals surface area contributed by atoms with Crippen molar-refractivity contribution in [3.8, 4) is 33.4 Å². The van der Waals surface area contributed by atoms with Crippen molar-refractivity contribution in [2.24, 2.45) is 21.1 Å². The molecule has 0 unspecified atom stereocenters. The van der Waals surface area contributed by atoms with Crippen molar-refractivity contribution in [1.29, 1.82) is 0 Å². The van der Waals surface area contributed by atoms with Gasteiger partial charge < -0.3 is 4.57 Å². The molecule has 0 saturated heterocycles. The number of aromatic nitrogens is 14. The Hall–Kier alpha value is -11.1. The van der Waals surface area contributed by atoms with Crippen LogP contribution in [0, 0.1) is 23.3 Å². The van der Waals surface area contributed by atoms with Crippen LogP contribution < -0.4 is 16.7 Å². The van der Waals surface area contributed by atoms with Gasteiger partial charge in [0.15, 0.2) is 5.52 Å². The predicted octanol–water partition coefficient (Wildman–Crippen LogP) is 10.2. The van der Waals surface area contributed by atoms with Gasteiger partial charge in [0.1, 0.15) is 23.3 Å². The quantitative estimate of drug-likeness (QED) is 0.125. The number of hydrogen-bond donors (Lipinski definition) is 0. The lowest BCUT2D eigenvalue weighted by molar-refractivity contribution is 0.541. The second-order valence-electron chi connectivity index (χ2n) is 19.9. The topological polar surface area (TPSA) is 184 Å². The summed E-state index contributed by atoms with van der Waals surface area (Å²) in [6.45, 7) is -0.0532. The minimum atomic E-state index is -0.737. The highest BCUT2D eigenvalue weighted by atomic mass is 19.1. The zero-order valence-corrected chi connectivity index (χ0v) is 45.0. The molecule has 0 aliphatic heterocycles. The number of nitrogens with zero attached hydrogens (tertiary/aromatic N) is 14. The van der Waals surface area contributed by atoms with E-state index < -0.39 is 28.8 Å². The standard InChI is InChI=1S/C23H16F2N4O.C22H15F2N5O.C18H15N5O/c1-28-10-14-3-2-4-16(18(14)11-28)15-7-20(24)19(21(25)8-15)12-29-13-27-22-9-26-6-5-17(22)23(29)30;1-28-10-15-14(4-2-5-19(15)27-28)13-8-17(23)16(18(24)9-13)11-29-12-26-20-6-3-7-25-21(20)22(29)30;1-22-11-15(8-21-22)14-4-2-13(3-5-14)10-23-12-20-17-9-19-7-6-16(17)18(23)24/h2-11,13H,12H2,1H3;2-10,12H,11H2,1H3;2-9,11-12H,10H2,1H3. The van der Waals surface area contributed by atoms with Gasteiger partial charge in [-0.15, -0.1) is 0 Å². The van der Waals surface area contributed by atoms with Gasteiger partial charge in [0.05, 0.1) is 90.0 Å². The van der Waals surface area contributed by atoms with Crippen molar-refractivity contribution < 1.29 is 17.6 Å². The van der Waals surface area contributed by atoms with E-state index in [1.165, 1.54) is 66.1 Å². The highest BCUT2D eigenvalue weighted by Gasteiger charge is 2.19. The van der Waals surface area contributed by atoms with Crippen LogP contribution in [0.5, 0.6) is 0 Å². The molecular weight excluding hydrogens is 1080 g/mol. The van der Waals surface area contributed by atoms with Gasteiger partial charge in [0.2, 0.25) is 0 Å². The fraction of sp³-hybridized carbons (Fsp3) is 0.0952. The number of hydrogen-bond acceptors (Lipinski definition) is 11. The first-order chi connectivity index (χ1) is 40.7. The second-order valence-corrected chi connectivity index (χ2v) is 19.9. The van der Waals surface area contributed by atoms with E-state index in [0.29, 0.717) is 50.6 Å². The van der Waals surface area contributed by atoms with Crippen LogP contribution in [0.3, 0.4) is 0 Å². The third-order valence-corrected chi connectivity index (χ3v) is 14.2. The summed E-state index contributed by atoms with van der Waals surface area (Å²) in [5.74, 6) is -2.89. The minimum absolute atomic E-state index is 0.0567. The number of fused-ring (bicyclic) bond motifs is 5. The maximum atomic E-state index is 14.9. The van der Waals surface area contributed by atoms with Gasteiger partial charge in [-0.3, -0.25) is 47.4 Å². The van der Waals surface area contributed by atoms with Gasteiger partial charge >= 0.3 is 0 Å². The first kappa shape index (κ1) is 53.5. The third-order valence-electron chi connectivity index (χ3n) is 14.2. The van der Waals surface area contributed by atoms with E-state index in [1.807, 2.05) is 98.2 Å². The molecule has 17 nitrogen and oxygen atoms in total. The number of aryl methyl sites for hydroxylation is 3. The molecule has 0 aliphatic carbocycles. The molecule has 0 aliphatic rings. The van der Waals surface area contributed by atoms with Crippen LogP contribution in [0.15, 0.2) is 205 Å². The summed E-state index contributed by atoms with van der Waals surface area (Å²) in [7, 11) is 5.59. The van der Waals surface area contributed by atoms with Gasteiger partial charge in [-0.1, -0.05) is 54.6 Å². The maximum Gasteiger partial charge on any atom is 0.280 e. The molecule has 9 aromatic heterocycles. The summed E-state index contributed by atoms with van der Waals surface area (Å²) >= 11 is 0. The first-order valence-corrected chi connectivity index (χ1v) is 26.1. The van der Waals surface area contributed by atoms with Crippen molar-refractivity contribution >= 4 is 54.5 Å². The lowest BCUT2D eigenvalue weighted by Crippen LogP contribution is -2.23.